The normalized spacial score (nSPS) is 18.6. The highest BCUT2D eigenvalue weighted by atomic mass is 32.2. The van der Waals surface area contributed by atoms with Gasteiger partial charge in [0.05, 0.1) is 17.0 Å². The fourth-order valence-corrected chi connectivity index (χ4v) is 4.95. The van der Waals surface area contributed by atoms with E-state index < -0.39 is 22.9 Å². The van der Waals surface area contributed by atoms with Gasteiger partial charge in [0.25, 0.3) is 17.1 Å². The maximum atomic E-state index is 12.8. The zero-order valence-corrected chi connectivity index (χ0v) is 20.7. The molecule has 0 aromatic heterocycles. The van der Waals surface area contributed by atoms with Crippen molar-refractivity contribution < 1.29 is 27.6 Å². The molecule has 10 heteroatoms. The number of amides is 3. The summed E-state index contributed by atoms with van der Waals surface area (Å²) >= 11 is 0.778. The summed E-state index contributed by atoms with van der Waals surface area (Å²) in [5, 5.41) is -0.488. The van der Waals surface area contributed by atoms with Crippen molar-refractivity contribution in [3.8, 4) is 0 Å². The van der Waals surface area contributed by atoms with Crippen LogP contribution < -0.4 is 0 Å². The highest BCUT2D eigenvalue weighted by Crippen LogP contribution is 2.34. The van der Waals surface area contributed by atoms with Crippen LogP contribution in [-0.4, -0.2) is 64.0 Å². The lowest BCUT2D eigenvalue weighted by atomic mass is 10.1. The number of hydrogen-bond acceptors (Lipinski definition) is 5. The Hall–Kier alpha value is -3.11. The highest BCUT2D eigenvalue weighted by molar-refractivity contribution is 8.18. The van der Waals surface area contributed by atoms with E-state index in [4.69, 9.17) is 0 Å². The summed E-state index contributed by atoms with van der Waals surface area (Å²) in [6, 6.07) is 11.7. The van der Waals surface area contributed by atoms with Crippen LogP contribution in [0.1, 0.15) is 40.9 Å². The number of carbonyl (C=O) groups excluding carboxylic acids is 3. The second-order valence-electron chi connectivity index (χ2n) is 9.01. The predicted molar refractivity (Wildman–Crippen MR) is 132 cm³/mol. The molecule has 0 spiro atoms. The zero-order chi connectivity index (χ0) is 26.0. The van der Waals surface area contributed by atoms with E-state index in [1.54, 1.807) is 30.3 Å². The molecule has 0 unspecified atom stereocenters. The quantitative estimate of drug-likeness (QED) is 0.516. The number of benzene rings is 2. The van der Waals surface area contributed by atoms with Crippen LogP contribution in [0, 0.1) is 0 Å². The first-order valence-corrected chi connectivity index (χ1v) is 12.4. The van der Waals surface area contributed by atoms with Gasteiger partial charge in [-0.15, -0.1) is 0 Å². The van der Waals surface area contributed by atoms with Gasteiger partial charge in [-0.1, -0.05) is 24.3 Å². The van der Waals surface area contributed by atoms with E-state index in [0.29, 0.717) is 35.8 Å². The molecule has 0 radical (unpaired) electrons. The minimum atomic E-state index is -4.45. The van der Waals surface area contributed by atoms with Crippen LogP contribution in [0.3, 0.4) is 0 Å². The molecule has 0 atom stereocenters. The Kier molecular flexibility index (Phi) is 7.56. The number of piperazine rings is 1. The number of hydrogen-bond donors (Lipinski definition) is 0. The first-order chi connectivity index (χ1) is 17.0. The summed E-state index contributed by atoms with van der Waals surface area (Å²) in [6.45, 7) is 7.18. The Balaban J connectivity index is 1.39. The van der Waals surface area contributed by atoms with Crippen LogP contribution >= 0.6 is 11.8 Å². The third-order valence-corrected chi connectivity index (χ3v) is 7.19. The molecule has 2 aliphatic heterocycles. The van der Waals surface area contributed by atoms with E-state index in [1.807, 2.05) is 4.90 Å². The predicted octanol–water partition coefficient (Wildman–Crippen LogP) is 5.11. The van der Waals surface area contributed by atoms with Crippen LogP contribution in [-0.2, 0) is 17.5 Å². The minimum absolute atomic E-state index is 0.0400. The van der Waals surface area contributed by atoms with Crippen molar-refractivity contribution >= 4 is 34.9 Å². The van der Waals surface area contributed by atoms with Gasteiger partial charge in [-0.05, 0) is 67.1 Å². The van der Waals surface area contributed by atoms with Gasteiger partial charge in [-0.25, -0.2) is 0 Å². The van der Waals surface area contributed by atoms with Crippen molar-refractivity contribution in [3.63, 3.8) is 0 Å². The van der Waals surface area contributed by atoms with E-state index >= 15 is 0 Å². The van der Waals surface area contributed by atoms with Gasteiger partial charge in [0, 0.05) is 37.8 Å². The molecule has 6 nitrogen and oxygen atoms in total. The molecule has 2 aromatic rings. The maximum absolute atomic E-state index is 12.8. The number of rotatable bonds is 5. The Morgan fingerprint density at radius 1 is 0.972 bits per heavy atom. The Bertz CT molecular complexity index is 1170. The van der Waals surface area contributed by atoms with Gasteiger partial charge in [-0.2, -0.15) is 13.2 Å². The first-order valence-electron chi connectivity index (χ1n) is 11.6. The summed E-state index contributed by atoms with van der Waals surface area (Å²) < 4.78 is 38.3. The van der Waals surface area contributed by atoms with Crippen molar-refractivity contribution in [2.24, 2.45) is 0 Å². The molecule has 0 saturated carbocycles. The van der Waals surface area contributed by atoms with Crippen molar-refractivity contribution in [2.75, 3.05) is 26.2 Å². The number of carbonyl (C=O) groups is 3. The smallest absolute Gasteiger partial charge is 0.336 e. The number of thioether (sulfide) groups is 1. The highest BCUT2D eigenvalue weighted by Gasteiger charge is 2.35. The molecule has 3 amide bonds. The van der Waals surface area contributed by atoms with E-state index in [9.17, 15) is 27.6 Å². The van der Waals surface area contributed by atoms with E-state index in [-0.39, 0.29) is 17.4 Å². The number of imide groups is 1. The van der Waals surface area contributed by atoms with Gasteiger partial charge in [0.2, 0.25) is 0 Å². The molecule has 0 aliphatic carbocycles. The van der Waals surface area contributed by atoms with E-state index in [0.717, 1.165) is 41.9 Å². The first kappa shape index (κ1) is 26.0. The maximum Gasteiger partial charge on any atom is 0.416 e. The minimum Gasteiger partial charge on any atom is -0.336 e. The fraction of sp³-hybridized carbons (Fsp3) is 0.346. The fourth-order valence-electron chi connectivity index (χ4n) is 4.12. The molecule has 4 rings (SSSR count). The van der Waals surface area contributed by atoms with Crippen LogP contribution in [0.25, 0.3) is 6.08 Å². The van der Waals surface area contributed by atoms with Crippen LogP contribution in [0.15, 0.2) is 53.4 Å². The molecular weight excluding hydrogens is 491 g/mol. The van der Waals surface area contributed by atoms with Crippen molar-refractivity contribution in [1.29, 1.82) is 0 Å². The topological polar surface area (TPSA) is 60.9 Å². The van der Waals surface area contributed by atoms with Crippen molar-refractivity contribution in [3.05, 3.63) is 75.7 Å². The molecule has 0 bridgehead atoms. The number of nitrogens with zero attached hydrogens (tertiary/aromatic N) is 3. The van der Waals surface area contributed by atoms with Crippen LogP contribution in [0.4, 0.5) is 18.0 Å². The summed E-state index contributed by atoms with van der Waals surface area (Å²) in [7, 11) is 0. The van der Waals surface area contributed by atoms with Gasteiger partial charge >= 0.3 is 6.18 Å². The second-order valence-corrected chi connectivity index (χ2v) is 10.00. The molecule has 190 valence electrons. The van der Waals surface area contributed by atoms with Gasteiger partial charge < -0.3 is 4.90 Å². The Morgan fingerprint density at radius 3 is 2.14 bits per heavy atom. The number of halogens is 3. The Morgan fingerprint density at radius 2 is 1.58 bits per heavy atom. The molecule has 0 N–H and O–H groups in total. The lowest BCUT2D eigenvalue weighted by Gasteiger charge is -2.37. The van der Waals surface area contributed by atoms with Crippen LogP contribution in [0.5, 0.6) is 0 Å². The Labute approximate surface area is 211 Å². The molecule has 2 fully saturated rings. The number of alkyl halides is 3. The third-order valence-electron chi connectivity index (χ3n) is 6.28. The molecule has 2 aliphatic rings. The third kappa shape index (κ3) is 5.82. The molecular formula is C26H26F3N3O3S. The average molecular weight is 518 g/mol. The molecule has 2 heterocycles. The largest absolute Gasteiger partial charge is 0.416 e. The zero-order valence-electron chi connectivity index (χ0n) is 19.9. The summed E-state index contributed by atoms with van der Waals surface area (Å²) in [5.74, 6) is -0.546. The molecule has 2 aromatic carbocycles. The average Bonchev–Trinajstić information content (AvgIpc) is 3.11. The monoisotopic (exact) mass is 517 g/mol. The second kappa shape index (κ2) is 10.5. The van der Waals surface area contributed by atoms with Crippen LogP contribution in [0.2, 0.25) is 0 Å². The van der Waals surface area contributed by atoms with E-state index in [1.165, 1.54) is 12.1 Å². The summed E-state index contributed by atoms with van der Waals surface area (Å²) in [5.41, 5.74) is 0.848. The van der Waals surface area contributed by atoms with Crippen molar-refractivity contribution in [2.45, 2.75) is 32.6 Å². The molecule has 2 saturated heterocycles. The van der Waals surface area contributed by atoms with Crippen molar-refractivity contribution in [1.82, 2.24) is 14.7 Å². The SMILES string of the molecule is CC(C)N1CCN(C(=O)c2ccc(/C=C3\SC(=O)N(Cc4ccc(C(F)(F)F)cc4)C3=O)cc2)CC1. The van der Waals surface area contributed by atoms with Gasteiger partial charge in [0.15, 0.2) is 0 Å². The van der Waals surface area contributed by atoms with Gasteiger partial charge in [0.1, 0.15) is 0 Å². The van der Waals surface area contributed by atoms with E-state index in [2.05, 4.69) is 18.7 Å². The summed E-state index contributed by atoms with van der Waals surface area (Å²) in [6.07, 6.45) is -2.88. The lowest BCUT2D eigenvalue weighted by Crippen LogP contribution is -2.50. The lowest BCUT2D eigenvalue weighted by molar-refractivity contribution is -0.137. The van der Waals surface area contributed by atoms with Gasteiger partial charge in [-0.3, -0.25) is 24.2 Å². The molecule has 36 heavy (non-hydrogen) atoms. The standard InChI is InChI=1S/C26H26F3N3O3S/c1-17(2)30-11-13-31(14-12-30)23(33)20-7-3-18(4-8-20)15-22-24(34)32(25(35)36-22)16-19-5-9-21(10-6-19)26(27,28)29/h3-10,15,17H,11-14,16H2,1-2H3/b22-15-. The summed E-state index contributed by atoms with van der Waals surface area (Å²) in [4.78, 5) is 43.4.